The van der Waals surface area contributed by atoms with Crippen molar-refractivity contribution in [3.8, 4) is 0 Å². The first-order chi connectivity index (χ1) is 11.3. The van der Waals surface area contributed by atoms with Crippen molar-refractivity contribution in [3.63, 3.8) is 0 Å². The minimum absolute atomic E-state index is 0.0202. The van der Waals surface area contributed by atoms with Crippen LogP contribution in [-0.4, -0.2) is 8.96 Å². The summed E-state index contributed by atoms with van der Waals surface area (Å²) in [5.41, 5.74) is 2.24. The van der Waals surface area contributed by atoms with Crippen LogP contribution in [0.2, 0.25) is 0 Å². The molecule has 2 aromatic carbocycles. The second kappa shape index (κ2) is 8.24. The number of nitrogens with one attached hydrogen (secondary N) is 1. The third-order valence-corrected chi connectivity index (χ3v) is 5.93. The Kier molecular flexibility index (Phi) is 6.55. The number of benzene rings is 2. The van der Waals surface area contributed by atoms with E-state index < -0.39 is 11.0 Å². The summed E-state index contributed by atoms with van der Waals surface area (Å²) in [6.45, 7) is 9.94. The van der Waals surface area contributed by atoms with Gasteiger partial charge in [0.15, 0.2) is 0 Å². The third kappa shape index (κ3) is 4.88. The Morgan fingerprint density at radius 3 is 2.12 bits per heavy atom. The van der Waals surface area contributed by atoms with Gasteiger partial charge in [-0.25, -0.2) is 8.93 Å². The fraction of sp³-hybridized carbons (Fsp3) is 0.300. The number of rotatable bonds is 6. The summed E-state index contributed by atoms with van der Waals surface area (Å²) in [5, 5.41) is 0. The quantitative estimate of drug-likeness (QED) is 0.630. The molecule has 24 heavy (non-hydrogen) atoms. The van der Waals surface area contributed by atoms with Crippen molar-refractivity contribution in [2.24, 2.45) is 0 Å². The summed E-state index contributed by atoms with van der Waals surface area (Å²) in [7, 11) is -1.18. The zero-order valence-electron chi connectivity index (χ0n) is 14.3. The highest BCUT2D eigenvalue weighted by molar-refractivity contribution is 9.10. The van der Waals surface area contributed by atoms with E-state index in [2.05, 4.69) is 51.5 Å². The summed E-state index contributed by atoms with van der Waals surface area (Å²) >= 11 is 3.47. The first-order valence-electron chi connectivity index (χ1n) is 7.94. The smallest absolute Gasteiger partial charge is 0.0976 e. The van der Waals surface area contributed by atoms with Crippen molar-refractivity contribution in [2.45, 2.75) is 37.5 Å². The van der Waals surface area contributed by atoms with E-state index >= 15 is 0 Å². The first-order valence-corrected chi connectivity index (χ1v) is 9.88. The van der Waals surface area contributed by atoms with Crippen molar-refractivity contribution in [3.05, 3.63) is 82.9 Å². The summed E-state index contributed by atoms with van der Waals surface area (Å²) in [4.78, 5) is 0. The maximum atomic E-state index is 12.7. The zero-order chi connectivity index (χ0) is 17.7. The van der Waals surface area contributed by atoms with E-state index in [0.29, 0.717) is 0 Å². The lowest BCUT2D eigenvalue weighted by atomic mass is 9.88. The van der Waals surface area contributed by atoms with Gasteiger partial charge in [0.1, 0.15) is 0 Å². The fourth-order valence-electron chi connectivity index (χ4n) is 2.45. The lowest BCUT2D eigenvalue weighted by Crippen LogP contribution is -2.37. The fourth-order valence-corrected chi connectivity index (χ4v) is 3.58. The second-order valence-electron chi connectivity index (χ2n) is 6.70. The minimum Gasteiger partial charge on any atom is -0.242 e. The molecule has 0 heterocycles. The van der Waals surface area contributed by atoms with Crippen molar-refractivity contribution in [1.29, 1.82) is 0 Å². The van der Waals surface area contributed by atoms with Gasteiger partial charge < -0.3 is 0 Å². The molecule has 0 fully saturated rings. The number of hydrogen-bond donors (Lipinski definition) is 1. The molecule has 0 saturated heterocycles. The van der Waals surface area contributed by atoms with E-state index in [4.69, 9.17) is 0 Å². The molecule has 3 atom stereocenters. The highest BCUT2D eigenvalue weighted by Gasteiger charge is 2.28. The van der Waals surface area contributed by atoms with E-state index in [1.807, 2.05) is 57.2 Å². The number of hydrogen-bond acceptors (Lipinski definition) is 1. The van der Waals surface area contributed by atoms with Crippen molar-refractivity contribution in [1.82, 2.24) is 4.72 Å². The molecule has 0 aromatic heterocycles. The summed E-state index contributed by atoms with van der Waals surface area (Å²) in [5.74, 6) is 0.0202. The van der Waals surface area contributed by atoms with Crippen LogP contribution < -0.4 is 4.72 Å². The lowest BCUT2D eigenvalue weighted by molar-refractivity contribution is 0.566. The van der Waals surface area contributed by atoms with Crippen molar-refractivity contribution in [2.75, 3.05) is 0 Å². The maximum absolute atomic E-state index is 12.7. The average molecular weight is 406 g/mol. The van der Waals surface area contributed by atoms with Crippen LogP contribution in [0.1, 0.15) is 43.9 Å². The Labute approximate surface area is 156 Å². The zero-order valence-corrected chi connectivity index (χ0v) is 16.7. The van der Waals surface area contributed by atoms with Gasteiger partial charge in [0.05, 0.1) is 21.8 Å². The molecule has 1 N–H and O–H groups in total. The van der Waals surface area contributed by atoms with Crippen LogP contribution in [-0.2, 0) is 11.0 Å². The average Bonchev–Trinajstić information content (AvgIpc) is 2.56. The van der Waals surface area contributed by atoms with Crippen LogP contribution in [0.15, 0.2) is 71.7 Å². The Balaban J connectivity index is 2.41. The van der Waals surface area contributed by atoms with Gasteiger partial charge in [-0.1, -0.05) is 64.5 Å². The Bertz CT molecular complexity index is 692. The molecule has 0 amide bonds. The second-order valence-corrected chi connectivity index (χ2v) is 9.61. The van der Waals surface area contributed by atoms with Gasteiger partial charge in [0.2, 0.25) is 0 Å². The van der Waals surface area contributed by atoms with E-state index in [-0.39, 0.29) is 16.7 Å². The van der Waals surface area contributed by atoms with E-state index in [1.165, 1.54) is 0 Å². The van der Waals surface area contributed by atoms with E-state index in [9.17, 15) is 4.21 Å². The van der Waals surface area contributed by atoms with Crippen molar-refractivity contribution < 1.29 is 4.21 Å². The van der Waals surface area contributed by atoms with Gasteiger partial charge in [-0.15, -0.1) is 6.58 Å². The standard InChI is InChI=1S/C20H24BrNOS/c1-5-18(15-11-13-17(21)14-12-15)19(16-9-7-6-8-10-16)22-24(23)20(2,3)4/h5-14,18-19,22H,1H2,2-4H3/t18-,19+,24?/m1/s1. The van der Waals surface area contributed by atoms with Crippen LogP contribution in [0.3, 0.4) is 0 Å². The van der Waals surface area contributed by atoms with Crippen molar-refractivity contribution >= 4 is 26.9 Å². The van der Waals surface area contributed by atoms with Crippen LogP contribution in [0, 0.1) is 0 Å². The molecule has 0 radical (unpaired) electrons. The van der Waals surface area contributed by atoms with E-state index in [1.54, 1.807) is 0 Å². The summed E-state index contributed by atoms with van der Waals surface area (Å²) in [6.07, 6.45) is 1.92. The number of halogens is 1. The molecular weight excluding hydrogens is 382 g/mol. The van der Waals surface area contributed by atoms with Gasteiger partial charge >= 0.3 is 0 Å². The summed E-state index contributed by atoms with van der Waals surface area (Å²) < 4.78 is 16.7. The molecule has 2 rings (SSSR count). The molecule has 2 aromatic rings. The lowest BCUT2D eigenvalue weighted by Gasteiger charge is -2.29. The molecule has 0 bridgehead atoms. The molecule has 0 aliphatic carbocycles. The van der Waals surface area contributed by atoms with Gasteiger partial charge in [-0.3, -0.25) is 0 Å². The third-order valence-electron chi connectivity index (χ3n) is 3.82. The Morgan fingerprint density at radius 1 is 1.04 bits per heavy atom. The van der Waals surface area contributed by atoms with Gasteiger partial charge in [-0.05, 0) is 44.0 Å². The monoisotopic (exact) mass is 405 g/mol. The largest absolute Gasteiger partial charge is 0.242 e. The van der Waals surface area contributed by atoms with Crippen LogP contribution in [0.4, 0.5) is 0 Å². The molecule has 0 aliphatic heterocycles. The normalized spacial score (nSPS) is 15.5. The molecule has 1 unspecified atom stereocenters. The van der Waals surface area contributed by atoms with Crippen LogP contribution in [0.25, 0.3) is 0 Å². The molecule has 128 valence electrons. The first kappa shape index (κ1) is 19.1. The SMILES string of the molecule is C=C[C@H](c1ccc(Br)cc1)[C@@H](NS(=O)C(C)(C)C)c1ccccc1. The maximum Gasteiger partial charge on any atom is 0.0976 e. The Hall–Kier alpha value is -1.23. The van der Waals surface area contributed by atoms with Gasteiger partial charge in [-0.2, -0.15) is 0 Å². The summed E-state index contributed by atoms with van der Waals surface area (Å²) in [6, 6.07) is 18.2. The highest BCUT2D eigenvalue weighted by Crippen LogP contribution is 2.33. The van der Waals surface area contributed by atoms with E-state index in [0.717, 1.165) is 15.6 Å². The topological polar surface area (TPSA) is 29.1 Å². The minimum atomic E-state index is -1.18. The molecular formula is C20H24BrNOS. The highest BCUT2D eigenvalue weighted by atomic mass is 79.9. The van der Waals surface area contributed by atoms with Crippen LogP contribution in [0.5, 0.6) is 0 Å². The molecule has 4 heteroatoms. The molecule has 0 spiro atoms. The van der Waals surface area contributed by atoms with Crippen LogP contribution >= 0.6 is 15.9 Å². The Morgan fingerprint density at radius 2 is 1.62 bits per heavy atom. The van der Waals surface area contributed by atoms with Gasteiger partial charge in [0, 0.05) is 10.4 Å². The predicted molar refractivity (Wildman–Crippen MR) is 107 cm³/mol. The molecule has 2 nitrogen and oxygen atoms in total. The predicted octanol–water partition coefficient (Wildman–Crippen LogP) is 5.51. The molecule has 0 aliphatic rings. The molecule has 0 saturated carbocycles. The van der Waals surface area contributed by atoms with Gasteiger partial charge in [0.25, 0.3) is 0 Å².